The lowest BCUT2D eigenvalue weighted by atomic mass is 10.0. The van der Waals surface area contributed by atoms with Gasteiger partial charge >= 0.3 is 5.97 Å². The van der Waals surface area contributed by atoms with E-state index in [4.69, 9.17) is 9.94 Å². The molecule has 0 fully saturated rings. The number of aliphatic hydroxyl groups excluding tert-OH is 1. The highest BCUT2D eigenvalue weighted by atomic mass is 16.7. The monoisotopic (exact) mass is 311 g/mol. The second-order valence-corrected chi connectivity index (χ2v) is 4.82. The molecule has 0 saturated carbocycles. The smallest absolute Gasteiger partial charge is 0.365 e. The Hall–Kier alpha value is -2.79. The molecular formula is C18H17NO4. The highest BCUT2D eigenvalue weighted by Crippen LogP contribution is 2.09. The van der Waals surface area contributed by atoms with Crippen molar-refractivity contribution in [2.45, 2.75) is 20.0 Å². The summed E-state index contributed by atoms with van der Waals surface area (Å²) in [6, 6.07) is 15.0. The van der Waals surface area contributed by atoms with E-state index >= 15 is 0 Å². The first kappa shape index (κ1) is 16.6. The van der Waals surface area contributed by atoms with Crippen LogP contribution in [0.4, 0.5) is 0 Å². The van der Waals surface area contributed by atoms with Crippen molar-refractivity contribution < 1.29 is 19.5 Å². The molecule has 0 saturated heterocycles. The number of ketones is 1. The zero-order valence-corrected chi connectivity index (χ0v) is 12.7. The lowest BCUT2D eigenvalue weighted by molar-refractivity contribution is 0.0515. The molecule has 5 nitrogen and oxygen atoms in total. The van der Waals surface area contributed by atoms with Gasteiger partial charge in [0.25, 0.3) is 0 Å². The van der Waals surface area contributed by atoms with Crippen molar-refractivity contribution in [3.8, 4) is 0 Å². The first-order valence-electron chi connectivity index (χ1n) is 7.23. The summed E-state index contributed by atoms with van der Waals surface area (Å²) in [5, 5.41) is 12.7. The fraction of sp³-hybridized carbons (Fsp3) is 0.167. The summed E-state index contributed by atoms with van der Waals surface area (Å²) < 4.78 is 0. The van der Waals surface area contributed by atoms with Crippen LogP contribution in [0.25, 0.3) is 0 Å². The van der Waals surface area contributed by atoms with E-state index < -0.39 is 5.97 Å². The second kappa shape index (κ2) is 8.00. The Bertz CT molecular complexity index is 706. The van der Waals surface area contributed by atoms with Gasteiger partial charge in [-0.3, -0.25) is 4.79 Å². The van der Waals surface area contributed by atoms with Crippen LogP contribution in [-0.4, -0.2) is 22.6 Å². The van der Waals surface area contributed by atoms with Gasteiger partial charge in [-0.2, -0.15) is 0 Å². The molecule has 0 heterocycles. The Morgan fingerprint density at radius 3 is 2.22 bits per heavy atom. The maximum absolute atomic E-state index is 12.3. The predicted octanol–water partition coefficient (Wildman–Crippen LogP) is 2.98. The minimum Gasteiger partial charge on any atom is -0.392 e. The third-order valence-corrected chi connectivity index (χ3v) is 3.24. The molecular weight excluding hydrogens is 294 g/mol. The number of carbonyl (C=O) groups is 2. The number of rotatable bonds is 6. The van der Waals surface area contributed by atoms with Gasteiger partial charge in [-0.05, 0) is 24.1 Å². The molecule has 118 valence electrons. The molecule has 2 aromatic carbocycles. The van der Waals surface area contributed by atoms with Crippen LogP contribution in [0, 0.1) is 0 Å². The van der Waals surface area contributed by atoms with Crippen LogP contribution >= 0.6 is 0 Å². The van der Waals surface area contributed by atoms with E-state index in [0.29, 0.717) is 23.1 Å². The number of Topliss-reactive ketones (excluding diaryl/α,β-unsaturated/α-hetero) is 1. The standard InChI is InChI=1S/C18H17NO4/c1-2-16(17(21)14-10-8-13(12-20)9-11-14)19-23-18(22)15-6-4-3-5-7-15/h3-11,20H,2,12H2,1H3/b19-16+. The maximum atomic E-state index is 12.3. The van der Waals surface area contributed by atoms with Gasteiger partial charge in [0.2, 0.25) is 5.78 Å². The number of hydrogen-bond acceptors (Lipinski definition) is 5. The van der Waals surface area contributed by atoms with E-state index in [0.717, 1.165) is 0 Å². The average molecular weight is 311 g/mol. The Balaban J connectivity index is 2.11. The number of aliphatic hydroxyl groups is 1. The zero-order chi connectivity index (χ0) is 16.7. The molecule has 0 unspecified atom stereocenters. The molecule has 2 rings (SSSR count). The number of oxime groups is 1. The highest BCUT2D eigenvalue weighted by Gasteiger charge is 2.14. The summed E-state index contributed by atoms with van der Waals surface area (Å²) in [5.41, 5.74) is 1.67. The zero-order valence-electron chi connectivity index (χ0n) is 12.7. The van der Waals surface area contributed by atoms with Crippen molar-refractivity contribution in [1.29, 1.82) is 0 Å². The van der Waals surface area contributed by atoms with Gasteiger partial charge in [0.15, 0.2) is 0 Å². The van der Waals surface area contributed by atoms with Crippen LogP contribution in [0.15, 0.2) is 59.8 Å². The fourth-order valence-electron chi connectivity index (χ4n) is 1.92. The molecule has 5 heteroatoms. The molecule has 0 aliphatic rings. The average Bonchev–Trinajstić information content (AvgIpc) is 2.62. The molecule has 0 aromatic heterocycles. The van der Waals surface area contributed by atoms with E-state index in [1.54, 1.807) is 61.5 Å². The van der Waals surface area contributed by atoms with E-state index in [9.17, 15) is 9.59 Å². The van der Waals surface area contributed by atoms with Crippen LogP contribution in [0.2, 0.25) is 0 Å². The summed E-state index contributed by atoms with van der Waals surface area (Å²) in [6.45, 7) is 1.67. The van der Waals surface area contributed by atoms with Gasteiger partial charge in [0, 0.05) is 5.56 Å². The van der Waals surface area contributed by atoms with Crippen LogP contribution in [-0.2, 0) is 11.4 Å². The molecule has 0 amide bonds. The Labute approximate surface area is 134 Å². The predicted molar refractivity (Wildman–Crippen MR) is 86.3 cm³/mol. The van der Waals surface area contributed by atoms with Crippen molar-refractivity contribution in [3.05, 3.63) is 71.3 Å². The second-order valence-electron chi connectivity index (χ2n) is 4.82. The third-order valence-electron chi connectivity index (χ3n) is 3.24. The number of carbonyl (C=O) groups excluding carboxylic acids is 2. The van der Waals surface area contributed by atoms with Crippen LogP contribution in [0.1, 0.15) is 39.6 Å². The lowest BCUT2D eigenvalue weighted by Gasteiger charge is -2.04. The SMILES string of the molecule is CC/C(=N\OC(=O)c1ccccc1)C(=O)c1ccc(CO)cc1. The summed E-state index contributed by atoms with van der Waals surface area (Å²) >= 11 is 0. The molecule has 1 N–H and O–H groups in total. The third kappa shape index (κ3) is 4.34. The summed E-state index contributed by atoms with van der Waals surface area (Å²) in [6.07, 6.45) is 0.336. The van der Waals surface area contributed by atoms with Gasteiger partial charge in [0.1, 0.15) is 5.71 Å². The first-order chi connectivity index (χ1) is 11.2. The summed E-state index contributed by atoms with van der Waals surface area (Å²) in [4.78, 5) is 29.0. The van der Waals surface area contributed by atoms with Gasteiger partial charge in [-0.25, -0.2) is 4.79 Å². The summed E-state index contributed by atoms with van der Waals surface area (Å²) in [5.74, 6) is -0.919. The van der Waals surface area contributed by atoms with Crippen molar-refractivity contribution in [2.75, 3.05) is 0 Å². The quantitative estimate of drug-likeness (QED) is 0.385. The van der Waals surface area contributed by atoms with Crippen molar-refractivity contribution >= 4 is 17.5 Å². The van der Waals surface area contributed by atoms with Crippen LogP contribution in [0.5, 0.6) is 0 Å². The molecule has 0 aliphatic carbocycles. The number of nitrogens with zero attached hydrogens (tertiary/aromatic N) is 1. The highest BCUT2D eigenvalue weighted by molar-refractivity contribution is 6.45. The van der Waals surface area contributed by atoms with Gasteiger partial charge in [-0.15, -0.1) is 0 Å². The van der Waals surface area contributed by atoms with Gasteiger partial charge in [0.05, 0.1) is 12.2 Å². The number of hydrogen-bond donors (Lipinski definition) is 1. The van der Waals surface area contributed by atoms with Gasteiger partial charge < -0.3 is 9.94 Å². The van der Waals surface area contributed by atoms with E-state index in [2.05, 4.69) is 5.16 Å². The van der Waals surface area contributed by atoms with Gasteiger partial charge in [-0.1, -0.05) is 54.5 Å². The van der Waals surface area contributed by atoms with E-state index in [1.807, 2.05) is 0 Å². The molecule has 0 spiro atoms. The van der Waals surface area contributed by atoms with Crippen molar-refractivity contribution in [2.24, 2.45) is 5.16 Å². The molecule has 0 bridgehead atoms. The van der Waals surface area contributed by atoms with Crippen LogP contribution < -0.4 is 0 Å². The molecule has 23 heavy (non-hydrogen) atoms. The first-order valence-corrected chi connectivity index (χ1v) is 7.23. The summed E-state index contributed by atoms with van der Waals surface area (Å²) in [7, 11) is 0. The molecule has 0 aliphatic heterocycles. The van der Waals surface area contributed by atoms with Crippen molar-refractivity contribution in [3.63, 3.8) is 0 Å². The minimum absolute atomic E-state index is 0.0854. The molecule has 2 aromatic rings. The van der Waals surface area contributed by atoms with E-state index in [-0.39, 0.29) is 18.1 Å². The Morgan fingerprint density at radius 2 is 1.65 bits per heavy atom. The Kier molecular flexibility index (Phi) is 5.77. The normalized spacial score (nSPS) is 11.1. The van der Waals surface area contributed by atoms with E-state index in [1.165, 1.54) is 0 Å². The maximum Gasteiger partial charge on any atom is 0.365 e. The fourth-order valence-corrected chi connectivity index (χ4v) is 1.92. The molecule has 0 radical (unpaired) electrons. The van der Waals surface area contributed by atoms with Crippen LogP contribution in [0.3, 0.4) is 0 Å². The number of benzene rings is 2. The topological polar surface area (TPSA) is 76.0 Å². The lowest BCUT2D eigenvalue weighted by Crippen LogP contribution is -2.15. The largest absolute Gasteiger partial charge is 0.392 e. The minimum atomic E-state index is -0.611. The van der Waals surface area contributed by atoms with Crippen molar-refractivity contribution in [1.82, 2.24) is 0 Å². The molecule has 0 atom stereocenters. The Morgan fingerprint density at radius 1 is 1.00 bits per heavy atom.